The highest BCUT2D eigenvalue weighted by atomic mass is 19.4. The normalized spacial score (nSPS) is 13.8. The number of para-hydroxylation sites is 1. The van der Waals surface area contributed by atoms with Crippen molar-refractivity contribution in [3.05, 3.63) is 39.9 Å². The average molecular weight is 257 g/mol. The van der Waals surface area contributed by atoms with E-state index >= 15 is 0 Å². The molecule has 0 amide bonds. The molecule has 1 atom stereocenters. The maximum Gasteiger partial charge on any atom is 0.418 e. The van der Waals surface area contributed by atoms with Gasteiger partial charge in [-0.15, -0.1) is 0 Å². The van der Waals surface area contributed by atoms with Crippen LogP contribution in [0.15, 0.2) is 23.0 Å². The maximum absolute atomic E-state index is 12.8. The molecule has 0 aliphatic rings. The lowest BCUT2D eigenvalue weighted by atomic mass is 10.1. The molecule has 2 rings (SSSR count). The summed E-state index contributed by atoms with van der Waals surface area (Å²) in [4.78, 5) is 17.1. The third-order valence-electron chi connectivity index (χ3n) is 2.54. The van der Waals surface area contributed by atoms with Gasteiger partial charge in [0.25, 0.3) is 0 Å². The van der Waals surface area contributed by atoms with Crippen molar-refractivity contribution in [1.29, 1.82) is 0 Å². The third-order valence-corrected chi connectivity index (χ3v) is 2.54. The van der Waals surface area contributed by atoms with Gasteiger partial charge in [-0.1, -0.05) is 12.1 Å². The highest BCUT2D eigenvalue weighted by molar-refractivity contribution is 5.84. The van der Waals surface area contributed by atoms with E-state index in [0.29, 0.717) is 0 Å². The van der Waals surface area contributed by atoms with Crippen LogP contribution in [0.4, 0.5) is 13.2 Å². The summed E-state index contributed by atoms with van der Waals surface area (Å²) in [6, 6.07) is 3.01. The number of nitrogens with one attached hydrogen (secondary N) is 1. The summed E-state index contributed by atoms with van der Waals surface area (Å²) >= 11 is 0. The zero-order valence-corrected chi connectivity index (χ0v) is 9.38. The van der Waals surface area contributed by atoms with E-state index in [2.05, 4.69) is 9.97 Å². The van der Waals surface area contributed by atoms with Crippen molar-refractivity contribution in [3.8, 4) is 0 Å². The lowest BCUT2D eigenvalue weighted by molar-refractivity contribution is -0.136. The second-order valence-corrected chi connectivity index (χ2v) is 3.94. The number of aromatic amines is 1. The molecule has 96 valence electrons. The van der Waals surface area contributed by atoms with E-state index in [4.69, 9.17) is 5.73 Å². The van der Waals surface area contributed by atoms with Gasteiger partial charge in [0.15, 0.2) is 0 Å². The van der Waals surface area contributed by atoms with E-state index in [9.17, 15) is 18.0 Å². The molecule has 1 heterocycles. The summed E-state index contributed by atoms with van der Waals surface area (Å²) in [6.07, 6.45) is -4.56. The molecule has 0 spiro atoms. The van der Waals surface area contributed by atoms with Crippen LogP contribution < -0.4 is 11.4 Å². The van der Waals surface area contributed by atoms with Crippen molar-refractivity contribution >= 4 is 10.9 Å². The van der Waals surface area contributed by atoms with E-state index in [0.717, 1.165) is 6.07 Å². The van der Waals surface area contributed by atoms with Crippen molar-refractivity contribution in [2.75, 3.05) is 0 Å². The summed E-state index contributed by atoms with van der Waals surface area (Å²) < 4.78 is 38.4. The first kappa shape index (κ1) is 12.6. The highest BCUT2D eigenvalue weighted by Crippen LogP contribution is 2.34. The van der Waals surface area contributed by atoms with Gasteiger partial charge in [-0.3, -0.25) is 0 Å². The van der Waals surface area contributed by atoms with Crippen molar-refractivity contribution in [3.63, 3.8) is 0 Å². The fourth-order valence-electron chi connectivity index (χ4n) is 1.78. The predicted octanol–water partition coefficient (Wildman–Crippen LogP) is 1.96. The molecule has 3 N–H and O–H groups in total. The minimum absolute atomic E-state index is 0.208. The molecule has 0 saturated carbocycles. The fraction of sp³-hybridized carbons (Fsp3) is 0.273. The SMILES string of the molecule is CC(N)c1[nH]c(=O)nc2c(C(F)(F)F)cccc12. The molecule has 18 heavy (non-hydrogen) atoms. The highest BCUT2D eigenvalue weighted by Gasteiger charge is 2.33. The van der Waals surface area contributed by atoms with Crippen LogP contribution in [0, 0.1) is 0 Å². The molecule has 1 unspecified atom stereocenters. The maximum atomic E-state index is 12.8. The Balaban J connectivity index is 2.91. The Kier molecular flexibility index (Phi) is 2.86. The minimum atomic E-state index is -4.56. The van der Waals surface area contributed by atoms with Crippen molar-refractivity contribution < 1.29 is 13.2 Å². The Hall–Kier alpha value is -1.89. The third kappa shape index (κ3) is 2.08. The number of fused-ring (bicyclic) bond motifs is 1. The van der Waals surface area contributed by atoms with Crippen LogP contribution in [0.1, 0.15) is 24.2 Å². The van der Waals surface area contributed by atoms with Crippen LogP contribution in [0.5, 0.6) is 0 Å². The fourth-order valence-corrected chi connectivity index (χ4v) is 1.78. The number of H-pyrrole nitrogens is 1. The van der Waals surface area contributed by atoms with E-state index < -0.39 is 23.5 Å². The number of halogens is 3. The van der Waals surface area contributed by atoms with Gasteiger partial charge in [0.1, 0.15) is 0 Å². The molecular weight excluding hydrogens is 247 g/mol. The average Bonchev–Trinajstić information content (AvgIpc) is 2.25. The summed E-state index contributed by atoms with van der Waals surface area (Å²) in [5, 5.41) is 0.208. The van der Waals surface area contributed by atoms with Crippen LogP contribution in [-0.2, 0) is 6.18 Å². The lowest BCUT2D eigenvalue weighted by Gasteiger charge is -2.13. The number of alkyl halides is 3. The summed E-state index contributed by atoms with van der Waals surface area (Å²) in [7, 11) is 0. The van der Waals surface area contributed by atoms with Gasteiger partial charge >= 0.3 is 11.9 Å². The van der Waals surface area contributed by atoms with E-state index in [1.54, 1.807) is 6.92 Å². The zero-order chi connectivity index (χ0) is 13.5. The van der Waals surface area contributed by atoms with Gasteiger partial charge in [0.2, 0.25) is 0 Å². The van der Waals surface area contributed by atoms with Gasteiger partial charge in [-0.25, -0.2) is 4.79 Å². The van der Waals surface area contributed by atoms with Crippen LogP contribution in [0.3, 0.4) is 0 Å². The molecular formula is C11H10F3N3O. The molecule has 1 aromatic carbocycles. The first-order chi connectivity index (χ1) is 8.30. The Morgan fingerprint density at radius 3 is 2.61 bits per heavy atom. The van der Waals surface area contributed by atoms with Crippen LogP contribution in [-0.4, -0.2) is 9.97 Å². The Morgan fingerprint density at radius 1 is 1.39 bits per heavy atom. The molecule has 0 saturated heterocycles. The topological polar surface area (TPSA) is 71.8 Å². The second-order valence-electron chi connectivity index (χ2n) is 3.94. The van der Waals surface area contributed by atoms with Gasteiger partial charge in [-0.2, -0.15) is 18.2 Å². The number of hydrogen-bond donors (Lipinski definition) is 2. The largest absolute Gasteiger partial charge is 0.418 e. The first-order valence-corrected chi connectivity index (χ1v) is 5.16. The van der Waals surface area contributed by atoms with Crippen molar-refractivity contribution in [2.45, 2.75) is 19.1 Å². The number of hydrogen-bond acceptors (Lipinski definition) is 3. The molecule has 1 aromatic heterocycles. The summed E-state index contributed by atoms with van der Waals surface area (Å²) in [5.41, 5.74) is 3.72. The molecule has 0 aliphatic carbocycles. The predicted molar refractivity (Wildman–Crippen MR) is 60.0 cm³/mol. The smallest absolute Gasteiger partial charge is 0.323 e. The number of rotatable bonds is 1. The van der Waals surface area contributed by atoms with Crippen molar-refractivity contribution in [1.82, 2.24) is 9.97 Å². The molecule has 2 aromatic rings. The second kappa shape index (κ2) is 4.09. The quantitative estimate of drug-likeness (QED) is 0.820. The molecule has 4 nitrogen and oxygen atoms in total. The van der Waals surface area contributed by atoms with Gasteiger partial charge in [0.05, 0.1) is 11.1 Å². The lowest BCUT2D eigenvalue weighted by Crippen LogP contribution is -2.20. The van der Waals surface area contributed by atoms with Gasteiger partial charge in [-0.05, 0) is 13.0 Å². The standard InChI is InChI=1S/C11H10F3N3O/c1-5(15)8-6-3-2-4-7(11(12,13)14)9(6)17-10(18)16-8/h2-5H,15H2,1H3,(H,16,17,18). The molecule has 7 heteroatoms. The van der Waals surface area contributed by atoms with Crippen LogP contribution in [0.25, 0.3) is 10.9 Å². The van der Waals surface area contributed by atoms with E-state index in [-0.39, 0.29) is 16.6 Å². The van der Waals surface area contributed by atoms with E-state index in [1.165, 1.54) is 12.1 Å². The first-order valence-electron chi connectivity index (χ1n) is 5.16. The monoisotopic (exact) mass is 257 g/mol. The number of nitrogens with two attached hydrogens (primary N) is 1. The molecule has 0 radical (unpaired) electrons. The Morgan fingerprint density at radius 2 is 2.06 bits per heavy atom. The zero-order valence-electron chi connectivity index (χ0n) is 9.38. The molecule has 0 aliphatic heterocycles. The summed E-state index contributed by atoms with van der Waals surface area (Å²) in [5.74, 6) is 0. The summed E-state index contributed by atoms with van der Waals surface area (Å²) in [6.45, 7) is 1.57. The number of aromatic nitrogens is 2. The van der Waals surface area contributed by atoms with Crippen LogP contribution >= 0.6 is 0 Å². The number of nitrogens with zero attached hydrogens (tertiary/aromatic N) is 1. The minimum Gasteiger partial charge on any atom is -0.323 e. The molecule has 0 bridgehead atoms. The van der Waals surface area contributed by atoms with Gasteiger partial charge in [0, 0.05) is 17.1 Å². The molecule has 0 fully saturated rings. The van der Waals surface area contributed by atoms with Crippen molar-refractivity contribution in [2.24, 2.45) is 5.73 Å². The van der Waals surface area contributed by atoms with Crippen LogP contribution in [0.2, 0.25) is 0 Å². The Labute approximate surface area is 99.6 Å². The van der Waals surface area contributed by atoms with Gasteiger partial charge < -0.3 is 10.7 Å². The van der Waals surface area contributed by atoms with E-state index in [1.807, 2.05) is 0 Å². The number of benzene rings is 1. The Bertz CT molecular complexity index is 646.